The SMILES string of the molecule is CCN1CCN(CC(=O)O)CCN(CC(=O)O)CCN(CC(=O)N[C@H](Cc2ccc(OS(O)(O)O)cc2)C(=O)NCCCOCCOCCOCCCNC(=O)CCCOc2cc(C)c(S(=O)[O-])c(C)c2)CC1. The summed E-state index contributed by atoms with van der Waals surface area (Å²) >= 11 is -6.58. The van der Waals surface area contributed by atoms with Crippen LogP contribution in [0.25, 0.3) is 0 Å². The number of aliphatic carboxylic acids is 2. The van der Waals surface area contributed by atoms with Gasteiger partial charge in [0.05, 0.1) is 52.7 Å². The third-order valence-electron chi connectivity index (χ3n) is 11.4. The summed E-state index contributed by atoms with van der Waals surface area (Å²) in [6, 6.07) is 8.18. The first-order valence-corrected chi connectivity index (χ1v) is 26.8. The lowest BCUT2D eigenvalue weighted by molar-refractivity contribution is -0.140. The van der Waals surface area contributed by atoms with E-state index < -0.39 is 52.0 Å². The number of ether oxygens (including phenoxy) is 4. The molecule has 1 unspecified atom stereocenters. The second kappa shape index (κ2) is 34.8. The molecule has 0 spiro atoms. The van der Waals surface area contributed by atoms with Gasteiger partial charge in [-0.25, -0.2) is 0 Å². The van der Waals surface area contributed by atoms with Gasteiger partial charge in [-0.15, -0.1) is 0 Å². The zero-order chi connectivity index (χ0) is 53.6. The van der Waals surface area contributed by atoms with Crippen LogP contribution in [-0.4, -0.2) is 226 Å². The minimum Gasteiger partial charge on any atom is -0.768 e. The molecule has 1 saturated heterocycles. The van der Waals surface area contributed by atoms with Crippen molar-refractivity contribution in [3.05, 3.63) is 53.1 Å². The number of rotatable bonds is 33. The highest BCUT2D eigenvalue weighted by molar-refractivity contribution is 8.15. The van der Waals surface area contributed by atoms with Crippen LogP contribution in [0.4, 0.5) is 0 Å². The molecule has 1 heterocycles. The van der Waals surface area contributed by atoms with Crippen molar-refractivity contribution >= 4 is 51.9 Å². The van der Waals surface area contributed by atoms with Gasteiger partial charge >= 0.3 is 11.9 Å². The zero-order valence-electron chi connectivity index (χ0n) is 42.2. The molecule has 73 heavy (non-hydrogen) atoms. The number of carbonyl (C=O) groups excluding carboxylic acids is 3. The molecule has 0 radical (unpaired) electrons. The van der Waals surface area contributed by atoms with Crippen LogP contribution >= 0.6 is 11.2 Å². The molecular weight excluding hydrogens is 999 g/mol. The number of amides is 3. The second-order valence-electron chi connectivity index (χ2n) is 17.3. The van der Waals surface area contributed by atoms with Gasteiger partial charge in [0.15, 0.2) is 0 Å². The Bertz CT molecular complexity index is 1990. The van der Waals surface area contributed by atoms with Gasteiger partial charge in [-0.1, -0.05) is 19.1 Å². The minimum absolute atomic E-state index is 0.0275. The lowest BCUT2D eigenvalue weighted by Gasteiger charge is -2.33. The van der Waals surface area contributed by atoms with Gasteiger partial charge < -0.3 is 58.7 Å². The Morgan fingerprint density at radius 3 is 1.62 bits per heavy atom. The fourth-order valence-electron chi connectivity index (χ4n) is 7.67. The third kappa shape index (κ3) is 28.1. The molecule has 2 aromatic rings. The standard InChI is InChI=1S/C47H77N7O17S2/c1-4-51-15-17-52(19-20-54(35-45(59)60)22-21-53(18-16-51)34-44(57)58)33-43(56)50-41(32-38-9-11-39(12-10-38)71-73(64,65)66)47(61)49-14-7-24-68-27-29-69-28-26-67-23-6-13-48-42(55)8-5-25-70-40-30-36(2)46(72(62)63)37(3)31-40/h9-12,30-31,41,64-66H,4-8,13-29,32-35H2,1-3H3,(H,48,55)(H,49,61)(H,50,56)(H,57,58)(H,59,60)(H,62,63)/p-1/t41-/m1/s1. The number of aryl methyl sites for hydroxylation is 2. The topological polar surface area (TPSA) is 322 Å². The molecule has 2 atom stereocenters. The highest BCUT2D eigenvalue weighted by atomic mass is 32.3. The van der Waals surface area contributed by atoms with Crippen LogP contribution in [0.3, 0.4) is 0 Å². The van der Waals surface area contributed by atoms with E-state index in [2.05, 4.69) is 20.9 Å². The van der Waals surface area contributed by atoms with Crippen molar-refractivity contribution in [1.82, 2.24) is 35.6 Å². The highest BCUT2D eigenvalue weighted by Gasteiger charge is 2.25. The second-order valence-corrected chi connectivity index (χ2v) is 19.3. The summed E-state index contributed by atoms with van der Waals surface area (Å²) in [5.74, 6) is -2.46. The molecule has 0 saturated carbocycles. The molecule has 0 aromatic heterocycles. The maximum absolute atomic E-state index is 13.7. The number of likely N-dealkylation sites (N-methyl/N-ethyl adjacent to an activating group) is 1. The summed E-state index contributed by atoms with van der Waals surface area (Å²) < 4.78 is 77.8. The van der Waals surface area contributed by atoms with Crippen LogP contribution in [0, 0.1) is 13.8 Å². The monoisotopic (exact) mass is 1070 g/mol. The summed E-state index contributed by atoms with van der Waals surface area (Å²) in [5.41, 5.74) is 1.80. The number of hydrogen-bond donors (Lipinski definition) is 8. The summed E-state index contributed by atoms with van der Waals surface area (Å²) in [6.07, 6.45) is 1.93. The number of hydrogen-bond acceptors (Lipinski definition) is 19. The fourth-order valence-corrected chi connectivity index (χ4v) is 8.68. The number of nitrogens with one attached hydrogen (secondary N) is 3. The number of carboxylic acids is 2. The number of carbonyl (C=O) groups is 5. The summed E-state index contributed by atoms with van der Waals surface area (Å²) in [5, 5.41) is 27.6. The molecule has 3 rings (SSSR count). The Morgan fingerprint density at radius 2 is 1.14 bits per heavy atom. The van der Waals surface area contributed by atoms with Crippen LogP contribution in [-0.2, 0) is 55.7 Å². The van der Waals surface area contributed by atoms with Crippen molar-refractivity contribution in [1.29, 1.82) is 0 Å². The summed E-state index contributed by atoms with van der Waals surface area (Å²) in [6.45, 7) is 12.1. The van der Waals surface area contributed by atoms with Crippen LogP contribution in [0.15, 0.2) is 41.3 Å². The Hall–Kier alpha value is -4.55. The maximum atomic E-state index is 13.7. The molecule has 2 aromatic carbocycles. The van der Waals surface area contributed by atoms with Crippen LogP contribution in [0.5, 0.6) is 11.5 Å². The van der Waals surface area contributed by atoms with Gasteiger partial charge in [0.1, 0.15) is 17.5 Å². The van der Waals surface area contributed by atoms with Gasteiger partial charge in [-0.05, 0) is 91.7 Å². The van der Waals surface area contributed by atoms with Crippen molar-refractivity contribution in [2.45, 2.75) is 63.8 Å². The molecule has 0 aliphatic carbocycles. The van der Waals surface area contributed by atoms with Crippen molar-refractivity contribution in [2.75, 3.05) is 138 Å². The van der Waals surface area contributed by atoms with Crippen molar-refractivity contribution in [2.24, 2.45) is 0 Å². The van der Waals surface area contributed by atoms with Crippen molar-refractivity contribution in [3.63, 3.8) is 0 Å². The largest absolute Gasteiger partial charge is 0.768 e. The van der Waals surface area contributed by atoms with Crippen LogP contribution in [0.1, 0.15) is 49.3 Å². The van der Waals surface area contributed by atoms with Gasteiger partial charge in [-0.2, -0.15) is 0 Å². The first-order chi connectivity index (χ1) is 34.8. The molecule has 26 heteroatoms. The number of benzene rings is 2. The third-order valence-corrected chi connectivity index (χ3v) is 12.8. The predicted molar refractivity (Wildman–Crippen MR) is 270 cm³/mol. The molecule has 414 valence electrons. The Balaban J connectivity index is 1.37. The average molecular weight is 1080 g/mol. The van der Waals surface area contributed by atoms with E-state index in [1.165, 1.54) is 12.1 Å². The molecular formula is C47H76N7O17S2-. The predicted octanol–water partition coefficient (Wildman–Crippen LogP) is 1.42. The van der Waals surface area contributed by atoms with E-state index in [0.29, 0.717) is 153 Å². The van der Waals surface area contributed by atoms with E-state index in [1.807, 2.05) is 11.8 Å². The fraction of sp³-hybridized carbons (Fsp3) is 0.638. The zero-order valence-corrected chi connectivity index (χ0v) is 43.8. The normalized spacial score (nSPS) is 15.8. The van der Waals surface area contributed by atoms with Crippen molar-refractivity contribution in [3.8, 4) is 11.5 Å². The maximum Gasteiger partial charge on any atom is 0.317 e. The lowest BCUT2D eigenvalue weighted by atomic mass is 10.0. The van der Waals surface area contributed by atoms with E-state index >= 15 is 0 Å². The number of carboxylic acid groups (broad SMARTS) is 2. The van der Waals surface area contributed by atoms with E-state index in [0.717, 1.165) is 0 Å². The van der Waals surface area contributed by atoms with E-state index in [1.54, 1.807) is 47.9 Å². The van der Waals surface area contributed by atoms with Crippen LogP contribution < -0.4 is 24.9 Å². The van der Waals surface area contributed by atoms with E-state index in [-0.39, 0.29) is 55.6 Å². The van der Waals surface area contributed by atoms with Gasteiger partial charge in [0.2, 0.25) is 17.7 Å². The summed E-state index contributed by atoms with van der Waals surface area (Å²) in [4.78, 5) is 70.5. The van der Waals surface area contributed by atoms with Gasteiger partial charge in [0.25, 0.3) is 11.2 Å². The van der Waals surface area contributed by atoms with Crippen molar-refractivity contribution < 1.29 is 79.7 Å². The summed E-state index contributed by atoms with van der Waals surface area (Å²) in [7, 11) is 0. The lowest BCUT2D eigenvalue weighted by Crippen LogP contribution is -2.52. The van der Waals surface area contributed by atoms with Gasteiger partial charge in [-0.3, -0.25) is 56.5 Å². The molecule has 8 N–H and O–H groups in total. The quantitative estimate of drug-likeness (QED) is 0.0370. The van der Waals surface area contributed by atoms with Gasteiger partial charge in [0, 0.05) is 96.4 Å². The molecule has 0 bridgehead atoms. The Morgan fingerprint density at radius 1 is 0.658 bits per heavy atom. The van der Waals surface area contributed by atoms with E-state index in [4.69, 9.17) is 23.1 Å². The van der Waals surface area contributed by atoms with Crippen LogP contribution in [0.2, 0.25) is 0 Å². The smallest absolute Gasteiger partial charge is 0.317 e. The first-order valence-electron chi connectivity index (χ1n) is 24.3. The highest BCUT2D eigenvalue weighted by Crippen LogP contribution is 2.35. The average Bonchev–Trinajstić information content (AvgIpc) is 3.30. The number of nitrogens with zero attached hydrogens (tertiary/aromatic N) is 4. The Labute approximate surface area is 432 Å². The molecule has 1 aliphatic rings. The first kappa shape index (κ1) is 62.7. The van der Waals surface area contributed by atoms with E-state index in [9.17, 15) is 56.6 Å². The molecule has 1 aliphatic heterocycles. The molecule has 1 fully saturated rings. The molecule has 3 amide bonds. The Kier molecular flexibility index (Phi) is 30.0. The minimum atomic E-state index is -4.26. The molecule has 24 nitrogen and oxygen atoms in total.